The lowest BCUT2D eigenvalue weighted by Gasteiger charge is -2.66. The molecule has 0 amide bonds. The van der Waals surface area contributed by atoms with Crippen LogP contribution in [0.1, 0.15) is 74.7 Å². The molecule has 0 aromatic heterocycles. The Bertz CT molecular complexity index is 1450. The van der Waals surface area contributed by atoms with Gasteiger partial charge in [-0.2, -0.15) is 0 Å². The van der Waals surface area contributed by atoms with Crippen molar-refractivity contribution in [2.75, 3.05) is 13.7 Å². The van der Waals surface area contributed by atoms with Crippen molar-refractivity contribution in [1.29, 1.82) is 0 Å². The molecular formula is C37H50O10. The van der Waals surface area contributed by atoms with E-state index >= 15 is 0 Å². The molecular weight excluding hydrogens is 604 g/mol. The topological polar surface area (TPSA) is 127 Å². The minimum atomic E-state index is -0.882. The maximum Gasteiger partial charge on any atom is 0.333 e. The van der Waals surface area contributed by atoms with Gasteiger partial charge >= 0.3 is 17.9 Å². The van der Waals surface area contributed by atoms with Crippen molar-refractivity contribution in [2.24, 2.45) is 39.9 Å². The molecule has 6 aliphatic rings. The number of aliphatic hydroxyl groups excluding tert-OH is 1. The van der Waals surface area contributed by atoms with E-state index < -0.39 is 70.9 Å². The van der Waals surface area contributed by atoms with Crippen molar-refractivity contribution in [1.82, 2.24) is 0 Å². The lowest BCUT2D eigenvalue weighted by Crippen LogP contribution is -2.72. The highest BCUT2D eigenvalue weighted by atomic mass is 16.7. The summed E-state index contributed by atoms with van der Waals surface area (Å²) in [7, 11) is 1.62. The number of rotatable bonds is 6. The number of allylic oxidation sites excluding steroid dienone is 3. The summed E-state index contributed by atoms with van der Waals surface area (Å²) in [5, 5.41) is 12.3. The monoisotopic (exact) mass is 654 g/mol. The van der Waals surface area contributed by atoms with Gasteiger partial charge in [0.1, 0.15) is 12.2 Å². The number of hydrogen-bond donors (Lipinski definition) is 1. The number of carbonyl (C=O) groups is 3. The fraction of sp³-hybridized carbons (Fsp3) is 0.703. The number of carbonyl (C=O) groups excluding carboxylic acids is 3. The third-order valence-electron chi connectivity index (χ3n) is 12.7. The van der Waals surface area contributed by atoms with Crippen molar-refractivity contribution in [3.63, 3.8) is 0 Å². The average molecular weight is 655 g/mol. The Morgan fingerprint density at radius 3 is 2.43 bits per heavy atom. The van der Waals surface area contributed by atoms with Crippen LogP contribution in [-0.2, 0) is 42.8 Å². The van der Waals surface area contributed by atoms with Gasteiger partial charge in [0.05, 0.1) is 37.1 Å². The molecule has 0 aromatic rings. The van der Waals surface area contributed by atoms with Crippen LogP contribution in [0.3, 0.4) is 0 Å². The number of hydrogen-bond acceptors (Lipinski definition) is 10. The Balaban J connectivity index is 1.54. The second-order valence-corrected chi connectivity index (χ2v) is 15.4. The molecule has 4 fully saturated rings. The van der Waals surface area contributed by atoms with Crippen LogP contribution in [0.25, 0.3) is 0 Å². The SMILES string of the molecule is C/C=C(\C)C(=O)O[C@@H]1[C@@H]2OC[C@]3(C)[C@H](OC(=O)C=C(C)C)C[C@H](O)[C@@](C)([C@@H]23)[C@H]2C[C@H](OC)O[C@H]3C[C@@H]([C@@H]4C=COC4=O)C(C)=C3[C@]12C. The molecule has 2 saturated heterocycles. The van der Waals surface area contributed by atoms with Gasteiger partial charge in [-0.05, 0) is 64.5 Å². The Morgan fingerprint density at radius 2 is 1.81 bits per heavy atom. The van der Waals surface area contributed by atoms with Gasteiger partial charge in [-0.3, -0.25) is 4.79 Å². The average Bonchev–Trinajstić information content (AvgIpc) is 3.67. The summed E-state index contributed by atoms with van der Waals surface area (Å²) >= 11 is 0. The Morgan fingerprint density at radius 1 is 1.09 bits per heavy atom. The summed E-state index contributed by atoms with van der Waals surface area (Å²) in [4.78, 5) is 39.5. The molecule has 3 aliphatic heterocycles. The third-order valence-corrected chi connectivity index (χ3v) is 12.7. The van der Waals surface area contributed by atoms with Crippen LogP contribution >= 0.6 is 0 Å². The van der Waals surface area contributed by atoms with E-state index in [4.69, 9.17) is 28.4 Å². The molecule has 2 saturated carbocycles. The maximum atomic E-state index is 13.7. The van der Waals surface area contributed by atoms with E-state index in [1.807, 2.05) is 20.8 Å². The molecule has 47 heavy (non-hydrogen) atoms. The van der Waals surface area contributed by atoms with Crippen LogP contribution in [0.5, 0.6) is 0 Å². The van der Waals surface area contributed by atoms with Gasteiger partial charge < -0.3 is 33.5 Å². The van der Waals surface area contributed by atoms with Gasteiger partial charge in [-0.1, -0.05) is 38.0 Å². The van der Waals surface area contributed by atoms with E-state index in [2.05, 4.69) is 20.8 Å². The molecule has 13 atom stereocenters. The predicted octanol–water partition coefficient (Wildman–Crippen LogP) is 4.96. The van der Waals surface area contributed by atoms with Crippen molar-refractivity contribution >= 4 is 17.9 Å². The highest BCUT2D eigenvalue weighted by molar-refractivity contribution is 5.88. The quantitative estimate of drug-likeness (QED) is 0.182. The van der Waals surface area contributed by atoms with Crippen molar-refractivity contribution in [2.45, 2.75) is 111 Å². The summed E-state index contributed by atoms with van der Waals surface area (Å²) in [6.07, 6.45) is 3.72. The van der Waals surface area contributed by atoms with Crippen LogP contribution in [-0.4, -0.2) is 73.5 Å². The van der Waals surface area contributed by atoms with Crippen LogP contribution in [0, 0.1) is 39.9 Å². The summed E-state index contributed by atoms with van der Waals surface area (Å²) in [6, 6.07) is 0. The first-order chi connectivity index (χ1) is 22.1. The summed E-state index contributed by atoms with van der Waals surface area (Å²) < 4.78 is 37.3. The van der Waals surface area contributed by atoms with E-state index in [1.165, 1.54) is 12.3 Å². The fourth-order valence-corrected chi connectivity index (χ4v) is 10.5. The lowest BCUT2D eigenvalue weighted by atomic mass is 9.39. The lowest BCUT2D eigenvalue weighted by molar-refractivity contribution is -0.258. The highest BCUT2D eigenvalue weighted by Gasteiger charge is 2.77. The molecule has 258 valence electrons. The van der Waals surface area contributed by atoms with Crippen molar-refractivity contribution in [3.8, 4) is 0 Å². The smallest absolute Gasteiger partial charge is 0.333 e. The van der Waals surface area contributed by atoms with E-state index in [0.717, 1.165) is 16.7 Å². The van der Waals surface area contributed by atoms with Gasteiger partial charge in [0.25, 0.3) is 0 Å². The zero-order valence-corrected chi connectivity index (χ0v) is 29.0. The number of fused-ring (bicyclic) bond motifs is 4. The van der Waals surface area contributed by atoms with Crippen molar-refractivity contribution in [3.05, 3.63) is 46.8 Å². The third kappa shape index (κ3) is 4.99. The van der Waals surface area contributed by atoms with Crippen LogP contribution < -0.4 is 0 Å². The molecule has 10 heteroatoms. The van der Waals surface area contributed by atoms with Crippen LogP contribution in [0.2, 0.25) is 0 Å². The Labute approximate surface area is 277 Å². The number of methoxy groups -OCH3 is 1. The largest absolute Gasteiger partial charge is 0.458 e. The van der Waals surface area contributed by atoms with E-state index in [-0.39, 0.29) is 36.8 Å². The first-order valence-corrected chi connectivity index (χ1v) is 16.9. The van der Waals surface area contributed by atoms with Gasteiger partial charge in [-0.15, -0.1) is 0 Å². The zero-order chi connectivity index (χ0) is 34.2. The fourth-order valence-electron chi connectivity index (χ4n) is 10.5. The molecule has 0 aromatic carbocycles. The second-order valence-electron chi connectivity index (χ2n) is 15.4. The molecule has 0 spiro atoms. The molecule has 10 nitrogen and oxygen atoms in total. The normalized spacial score (nSPS) is 45.4. The minimum Gasteiger partial charge on any atom is -0.458 e. The van der Waals surface area contributed by atoms with Gasteiger partial charge in [0, 0.05) is 53.8 Å². The number of aliphatic hydroxyl groups is 1. The molecule has 0 radical (unpaired) electrons. The number of ether oxygens (including phenoxy) is 6. The first kappa shape index (κ1) is 34.1. The second kappa shape index (κ2) is 12.0. The number of cyclic esters (lactones) is 1. The Hall–Kier alpha value is -2.79. The molecule has 3 heterocycles. The highest BCUT2D eigenvalue weighted by Crippen LogP contribution is 2.72. The minimum absolute atomic E-state index is 0.182. The summed E-state index contributed by atoms with van der Waals surface area (Å²) in [5.41, 5.74) is 0.924. The van der Waals surface area contributed by atoms with Crippen LogP contribution in [0.15, 0.2) is 46.8 Å². The number of esters is 3. The van der Waals surface area contributed by atoms with E-state index in [1.54, 1.807) is 33.1 Å². The summed E-state index contributed by atoms with van der Waals surface area (Å²) in [5.74, 6) is -2.49. The predicted molar refractivity (Wildman–Crippen MR) is 170 cm³/mol. The molecule has 0 bridgehead atoms. The first-order valence-electron chi connectivity index (χ1n) is 16.9. The molecule has 0 unspecified atom stereocenters. The molecule has 1 N–H and O–H groups in total. The van der Waals surface area contributed by atoms with E-state index in [0.29, 0.717) is 18.4 Å². The standard InChI is InChI=1S/C37H50O10/c1-10-19(4)33(40)47-32-30-31-35(6,17-44-30)26(46-27(39)13-18(2)3)16-25(38)36(31,7)24-15-28(42-9)45-23-14-22(21-11-12-43-34(21)41)20(5)29(23)37(24,32)8/h10-13,21-26,28,30-32,38H,14-17H2,1-9H3/b19-10+/t21-,22+,23-,24+,25-,26+,28+,30+,31-,32+,35+,36-,37+/m0/s1. The van der Waals surface area contributed by atoms with Gasteiger partial charge in [-0.25, -0.2) is 9.59 Å². The van der Waals surface area contributed by atoms with Gasteiger partial charge in [0.2, 0.25) is 0 Å². The molecule has 6 rings (SSSR count). The summed E-state index contributed by atoms with van der Waals surface area (Å²) in [6.45, 7) is 15.8. The maximum absolute atomic E-state index is 13.7. The van der Waals surface area contributed by atoms with E-state index in [9.17, 15) is 19.5 Å². The van der Waals surface area contributed by atoms with Crippen LogP contribution in [0.4, 0.5) is 0 Å². The molecule has 3 aliphatic carbocycles. The van der Waals surface area contributed by atoms with Crippen molar-refractivity contribution < 1.29 is 47.9 Å². The zero-order valence-electron chi connectivity index (χ0n) is 29.0. The van der Waals surface area contributed by atoms with Gasteiger partial charge in [0.15, 0.2) is 6.29 Å². The Kier molecular flexibility index (Phi) is 8.68.